The van der Waals surface area contributed by atoms with Crippen molar-refractivity contribution in [2.75, 3.05) is 7.05 Å². The standard InChI is InChI=1S/C5H5Cl5IN3/c1-13-3(14(11)2-12-13)4(6,7)5(8,9)10/h2-3H,1H3. The Morgan fingerprint density at radius 3 is 2.07 bits per heavy atom. The Morgan fingerprint density at radius 1 is 1.29 bits per heavy atom. The van der Waals surface area contributed by atoms with Gasteiger partial charge in [-0.2, -0.15) is 5.10 Å². The van der Waals surface area contributed by atoms with Gasteiger partial charge in [-0.1, -0.05) is 58.0 Å². The summed E-state index contributed by atoms with van der Waals surface area (Å²) >= 11 is 31.1. The number of nitrogens with zero attached hydrogens (tertiary/aromatic N) is 3. The lowest BCUT2D eigenvalue weighted by Crippen LogP contribution is -2.53. The molecule has 0 saturated heterocycles. The maximum absolute atomic E-state index is 6.01. The summed E-state index contributed by atoms with van der Waals surface area (Å²) in [4.78, 5) is 0. The second kappa shape index (κ2) is 4.37. The first-order valence-electron chi connectivity index (χ1n) is 3.33. The van der Waals surface area contributed by atoms with E-state index in [-0.39, 0.29) is 0 Å². The van der Waals surface area contributed by atoms with Gasteiger partial charge in [0.05, 0.1) is 22.9 Å². The van der Waals surface area contributed by atoms with Gasteiger partial charge in [0.1, 0.15) is 6.34 Å². The Balaban J connectivity index is 2.93. The molecular formula is C5H5Cl5IN3. The molecular weight excluding hydrogens is 406 g/mol. The fourth-order valence-corrected chi connectivity index (χ4v) is 2.96. The molecule has 1 heterocycles. The van der Waals surface area contributed by atoms with E-state index in [9.17, 15) is 0 Å². The van der Waals surface area contributed by atoms with E-state index >= 15 is 0 Å². The van der Waals surface area contributed by atoms with Gasteiger partial charge in [0.25, 0.3) is 0 Å². The van der Waals surface area contributed by atoms with Crippen molar-refractivity contribution in [3.05, 3.63) is 0 Å². The molecule has 1 rings (SSSR count). The van der Waals surface area contributed by atoms with Crippen LogP contribution < -0.4 is 0 Å². The molecule has 1 aliphatic rings. The smallest absolute Gasteiger partial charge is 0.227 e. The summed E-state index contributed by atoms with van der Waals surface area (Å²) < 4.78 is -1.74. The lowest BCUT2D eigenvalue weighted by Gasteiger charge is -2.37. The maximum atomic E-state index is 6.01. The van der Waals surface area contributed by atoms with Crippen molar-refractivity contribution in [1.29, 1.82) is 0 Å². The summed E-state index contributed by atoms with van der Waals surface area (Å²) in [7, 11) is 1.69. The average Bonchev–Trinajstić information content (AvgIpc) is 2.28. The molecule has 0 N–H and O–H groups in total. The van der Waals surface area contributed by atoms with Crippen LogP contribution in [0, 0.1) is 0 Å². The van der Waals surface area contributed by atoms with E-state index < -0.39 is 14.3 Å². The van der Waals surface area contributed by atoms with Gasteiger partial charge < -0.3 is 0 Å². The number of alkyl halides is 5. The third-order valence-corrected chi connectivity index (χ3v) is 4.84. The third kappa shape index (κ3) is 2.40. The minimum atomic E-state index is -1.80. The molecule has 0 radical (unpaired) electrons. The molecule has 9 heteroatoms. The highest BCUT2D eigenvalue weighted by Gasteiger charge is 2.56. The van der Waals surface area contributed by atoms with Gasteiger partial charge in [-0.15, -0.1) is 0 Å². The normalized spacial score (nSPS) is 23.5. The predicted octanol–water partition coefficient (Wildman–Crippen LogP) is 3.40. The van der Waals surface area contributed by atoms with Crippen LogP contribution in [-0.2, 0) is 0 Å². The van der Waals surface area contributed by atoms with E-state index in [1.54, 1.807) is 16.5 Å². The Labute approximate surface area is 121 Å². The molecule has 0 fully saturated rings. The average molecular weight is 411 g/mol. The molecule has 3 nitrogen and oxygen atoms in total. The van der Waals surface area contributed by atoms with Gasteiger partial charge in [0.2, 0.25) is 8.13 Å². The van der Waals surface area contributed by atoms with Gasteiger partial charge in [-0.3, -0.25) is 8.12 Å². The summed E-state index contributed by atoms with van der Waals surface area (Å²) in [5.74, 6) is 0. The largest absolute Gasteiger partial charge is 0.277 e. The fraction of sp³-hybridized carbons (Fsp3) is 0.800. The molecule has 0 spiro atoms. The lowest BCUT2D eigenvalue weighted by atomic mass is 10.3. The minimum absolute atomic E-state index is 0.529. The molecule has 0 aliphatic carbocycles. The van der Waals surface area contributed by atoms with Gasteiger partial charge in [0.15, 0.2) is 6.17 Å². The highest BCUT2D eigenvalue weighted by Crippen LogP contribution is 2.50. The fourth-order valence-electron chi connectivity index (χ4n) is 0.953. The highest BCUT2D eigenvalue weighted by molar-refractivity contribution is 14.1. The highest BCUT2D eigenvalue weighted by atomic mass is 127. The van der Waals surface area contributed by atoms with Crippen LogP contribution in [0.2, 0.25) is 0 Å². The summed E-state index contributed by atoms with van der Waals surface area (Å²) in [5.41, 5.74) is 0. The monoisotopic (exact) mass is 409 g/mol. The Hall–Kier alpha value is 1.45. The van der Waals surface area contributed by atoms with Gasteiger partial charge in [-0.25, -0.2) is 0 Å². The van der Waals surface area contributed by atoms with Crippen LogP contribution in [0.1, 0.15) is 0 Å². The van der Waals surface area contributed by atoms with E-state index in [0.717, 1.165) is 0 Å². The van der Waals surface area contributed by atoms with Gasteiger partial charge in [-0.05, 0) is 0 Å². The van der Waals surface area contributed by atoms with Crippen molar-refractivity contribution in [3.8, 4) is 0 Å². The molecule has 0 aromatic heterocycles. The lowest BCUT2D eigenvalue weighted by molar-refractivity contribution is 0.208. The molecule has 0 saturated carbocycles. The van der Waals surface area contributed by atoms with E-state index in [4.69, 9.17) is 58.0 Å². The topological polar surface area (TPSA) is 18.8 Å². The van der Waals surface area contributed by atoms with Crippen LogP contribution >= 0.6 is 80.9 Å². The van der Waals surface area contributed by atoms with Crippen LogP contribution in [0.4, 0.5) is 0 Å². The minimum Gasteiger partial charge on any atom is -0.277 e. The van der Waals surface area contributed by atoms with Crippen LogP contribution in [0.15, 0.2) is 5.10 Å². The maximum Gasteiger partial charge on any atom is 0.227 e. The second-order valence-corrected chi connectivity index (χ2v) is 7.42. The van der Waals surface area contributed by atoms with Crippen molar-refractivity contribution in [2.45, 2.75) is 14.3 Å². The summed E-state index contributed by atoms with van der Waals surface area (Å²) in [6.07, 6.45) is 1.01. The molecule has 14 heavy (non-hydrogen) atoms. The van der Waals surface area contributed by atoms with Crippen molar-refractivity contribution in [2.24, 2.45) is 5.10 Å². The van der Waals surface area contributed by atoms with Crippen molar-refractivity contribution < 1.29 is 0 Å². The summed E-state index contributed by atoms with van der Waals surface area (Å²) in [5, 5.41) is 5.48. The van der Waals surface area contributed by atoms with E-state index in [1.165, 1.54) is 5.01 Å². The van der Waals surface area contributed by atoms with Crippen LogP contribution in [0.5, 0.6) is 0 Å². The van der Waals surface area contributed by atoms with E-state index in [0.29, 0.717) is 0 Å². The van der Waals surface area contributed by atoms with E-state index in [1.807, 2.05) is 22.9 Å². The first-order chi connectivity index (χ1) is 6.18. The van der Waals surface area contributed by atoms with Crippen molar-refractivity contribution in [3.63, 3.8) is 0 Å². The molecule has 1 atom stereocenters. The zero-order valence-electron chi connectivity index (χ0n) is 6.76. The summed E-state index contributed by atoms with van der Waals surface area (Å²) in [6.45, 7) is 0. The number of hydrazone groups is 1. The number of rotatable bonds is 1. The third-order valence-electron chi connectivity index (χ3n) is 1.63. The Morgan fingerprint density at radius 2 is 1.79 bits per heavy atom. The molecule has 82 valence electrons. The van der Waals surface area contributed by atoms with Crippen molar-refractivity contribution >= 4 is 87.2 Å². The zero-order chi connectivity index (χ0) is 11.1. The van der Waals surface area contributed by atoms with Crippen LogP contribution in [0.25, 0.3) is 0 Å². The number of hydrogen-bond acceptors (Lipinski definition) is 3. The number of halogens is 6. The SMILES string of the molecule is CN1N=CN(I)C1C(Cl)(Cl)C(Cl)(Cl)Cl. The molecule has 0 aromatic carbocycles. The first-order valence-corrected chi connectivity index (χ1v) is 6.19. The number of hydrogen-bond donors (Lipinski definition) is 0. The molecule has 0 aromatic rings. The van der Waals surface area contributed by atoms with Crippen LogP contribution in [-0.4, -0.2) is 35.8 Å². The Kier molecular flexibility index (Phi) is 4.22. The quantitative estimate of drug-likeness (QED) is 0.374. The molecule has 0 bridgehead atoms. The van der Waals surface area contributed by atoms with Gasteiger partial charge in [0, 0.05) is 7.05 Å². The molecule has 1 unspecified atom stereocenters. The zero-order valence-corrected chi connectivity index (χ0v) is 12.7. The van der Waals surface area contributed by atoms with Crippen molar-refractivity contribution in [1.82, 2.24) is 8.12 Å². The Bertz CT molecular complexity index is 240. The second-order valence-electron chi connectivity index (χ2n) is 2.64. The first kappa shape index (κ1) is 13.5. The van der Waals surface area contributed by atoms with Gasteiger partial charge >= 0.3 is 0 Å². The summed E-state index contributed by atoms with van der Waals surface area (Å²) in [6, 6.07) is 0. The molecule has 0 amide bonds. The van der Waals surface area contributed by atoms with Crippen LogP contribution in [0.3, 0.4) is 0 Å². The van der Waals surface area contributed by atoms with E-state index in [2.05, 4.69) is 5.10 Å². The predicted molar refractivity (Wildman–Crippen MR) is 70.6 cm³/mol. The molecule has 1 aliphatic heterocycles.